The Morgan fingerprint density at radius 1 is 1.10 bits per heavy atom. The quantitative estimate of drug-likeness (QED) is 0.655. The predicted octanol–water partition coefficient (Wildman–Crippen LogP) is 4.27. The van der Waals surface area contributed by atoms with Gasteiger partial charge < -0.3 is 4.74 Å². The van der Waals surface area contributed by atoms with Crippen molar-refractivity contribution in [3.8, 4) is 5.88 Å². The molecule has 0 N–H and O–H groups in total. The number of nitrogens with zero attached hydrogens (tertiary/aromatic N) is 2. The number of carbonyl (C=O) groups excluding carboxylic acids is 1. The van der Waals surface area contributed by atoms with E-state index in [-0.39, 0.29) is 16.8 Å². The van der Waals surface area contributed by atoms with Crippen molar-refractivity contribution >= 4 is 21.2 Å². The highest BCUT2D eigenvalue weighted by Gasteiger charge is 2.27. The van der Waals surface area contributed by atoms with Crippen molar-refractivity contribution in [2.45, 2.75) is 59.5 Å². The molecule has 0 saturated heterocycles. The molecule has 7 heteroatoms. The summed E-state index contributed by atoms with van der Waals surface area (Å²) in [5.41, 5.74) is 4.47. The van der Waals surface area contributed by atoms with Crippen molar-refractivity contribution in [2.75, 3.05) is 6.26 Å². The Hall–Kier alpha value is -2.41. The average molecular weight is 419 g/mol. The van der Waals surface area contributed by atoms with Gasteiger partial charge in [-0.2, -0.15) is 5.10 Å². The summed E-state index contributed by atoms with van der Waals surface area (Å²) >= 11 is 0. The molecule has 0 aliphatic heterocycles. The molecule has 0 amide bonds. The number of sulfone groups is 1. The molecule has 0 radical (unpaired) electrons. The van der Waals surface area contributed by atoms with Crippen LogP contribution < -0.4 is 4.74 Å². The van der Waals surface area contributed by atoms with Crippen LogP contribution in [0.25, 0.3) is 5.57 Å². The molecule has 1 heterocycles. The average Bonchev–Trinajstić information content (AvgIpc) is 2.85. The first-order valence-electron chi connectivity index (χ1n) is 9.50. The number of allylic oxidation sites excluding steroid dienone is 2. The fourth-order valence-electron chi connectivity index (χ4n) is 3.35. The molecule has 0 atom stereocenters. The van der Waals surface area contributed by atoms with Crippen molar-refractivity contribution in [3.63, 3.8) is 0 Å². The van der Waals surface area contributed by atoms with Gasteiger partial charge in [-0.05, 0) is 77.3 Å². The lowest BCUT2D eigenvalue weighted by Gasteiger charge is -2.17. The summed E-state index contributed by atoms with van der Waals surface area (Å²) in [5, 5.41) is 4.35. The van der Waals surface area contributed by atoms with E-state index in [9.17, 15) is 13.2 Å². The molecule has 0 unspecified atom stereocenters. The SMILES string of the molecule is CC(C)=C(C)c1c(S(C)(=O)=O)ccc(C(=O)c2c(C)nn(C)c2OC(C)C)c1C. The van der Waals surface area contributed by atoms with Gasteiger partial charge in [0.15, 0.2) is 9.84 Å². The van der Waals surface area contributed by atoms with Gasteiger partial charge in [-0.1, -0.05) is 5.57 Å². The third-order valence-corrected chi connectivity index (χ3v) is 6.08. The summed E-state index contributed by atoms with van der Waals surface area (Å²) in [4.78, 5) is 13.7. The summed E-state index contributed by atoms with van der Waals surface area (Å²) in [7, 11) is -1.72. The van der Waals surface area contributed by atoms with Crippen molar-refractivity contribution in [3.05, 3.63) is 45.7 Å². The number of hydrogen-bond donors (Lipinski definition) is 0. The van der Waals surface area contributed by atoms with Crippen LogP contribution in [0.3, 0.4) is 0 Å². The fraction of sp³-hybridized carbons (Fsp3) is 0.455. The second-order valence-electron chi connectivity index (χ2n) is 7.89. The molecule has 1 aromatic carbocycles. The largest absolute Gasteiger partial charge is 0.475 e. The van der Waals surface area contributed by atoms with Crippen LogP contribution in [0.4, 0.5) is 0 Å². The van der Waals surface area contributed by atoms with Gasteiger partial charge in [0, 0.05) is 18.9 Å². The molecule has 0 aliphatic rings. The molecule has 29 heavy (non-hydrogen) atoms. The Kier molecular flexibility index (Phi) is 6.42. The first-order chi connectivity index (χ1) is 13.3. The van der Waals surface area contributed by atoms with E-state index in [1.807, 2.05) is 34.6 Å². The summed E-state index contributed by atoms with van der Waals surface area (Å²) in [6, 6.07) is 3.10. The standard InChI is InChI=1S/C22H30N2O4S/c1-12(2)14(5)19-15(6)17(10-11-18(19)29(9,26)27)21(25)20-16(7)23-24(8)22(20)28-13(3)4/h10-11,13H,1-9H3. The zero-order valence-electron chi connectivity index (χ0n) is 18.7. The maximum absolute atomic E-state index is 13.5. The molecule has 0 saturated carbocycles. The van der Waals surface area contributed by atoms with Crippen LogP contribution in [-0.4, -0.2) is 36.3 Å². The van der Waals surface area contributed by atoms with Crippen molar-refractivity contribution in [2.24, 2.45) is 7.05 Å². The predicted molar refractivity (Wildman–Crippen MR) is 115 cm³/mol. The molecule has 0 bridgehead atoms. The smallest absolute Gasteiger partial charge is 0.223 e. The van der Waals surface area contributed by atoms with Crippen LogP contribution in [0.1, 0.15) is 67.4 Å². The van der Waals surface area contributed by atoms with Gasteiger partial charge >= 0.3 is 0 Å². The normalized spacial score (nSPS) is 11.7. The van der Waals surface area contributed by atoms with E-state index in [0.717, 1.165) is 11.1 Å². The summed E-state index contributed by atoms with van der Waals surface area (Å²) in [5.74, 6) is 0.182. The van der Waals surface area contributed by atoms with Crippen LogP contribution in [0.15, 0.2) is 22.6 Å². The van der Waals surface area contributed by atoms with Crippen molar-refractivity contribution < 1.29 is 17.9 Å². The van der Waals surface area contributed by atoms with E-state index in [2.05, 4.69) is 5.10 Å². The highest BCUT2D eigenvalue weighted by Crippen LogP contribution is 2.34. The summed E-state index contributed by atoms with van der Waals surface area (Å²) in [6.07, 6.45) is 1.07. The Balaban J connectivity index is 2.80. The summed E-state index contributed by atoms with van der Waals surface area (Å²) < 4.78 is 32.2. The highest BCUT2D eigenvalue weighted by molar-refractivity contribution is 7.90. The first-order valence-corrected chi connectivity index (χ1v) is 11.4. The second-order valence-corrected chi connectivity index (χ2v) is 9.88. The second kappa shape index (κ2) is 8.14. The number of ketones is 1. The van der Waals surface area contributed by atoms with Gasteiger partial charge in [-0.25, -0.2) is 13.1 Å². The molecule has 6 nitrogen and oxygen atoms in total. The Labute approximate surface area is 173 Å². The zero-order chi connectivity index (χ0) is 22.3. The fourth-order valence-corrected chi connectivity index (χ4v) is 4.34. The molecule has 0 aliphatic carbocycles. The van der Waals surface area contributed by atoms with Gasteiger partial charge in [0.25, 0.3) is 0 Å². The van der Waals surface area contributed by atoms with E-state index in [1.165, 1.54) is 12.3 Å². The topological polar surface area (TPSA) is 78.3 Å². The highest BCUT2D eigenvalue weighted by atomic mass is 32.2. The number of aromatic nitrogens is 2. The number of aryl methyl sites for hydroxylation is 2. The Morgan fingerprint density at radius 3 is 2.17 bits per heavy atom. The minimum Gasteiger partial charge on any atom is -0.475 e. The van der Waals surface area contributed by atoms with E-state index in [4.69, 9.17) is 4.74 Å². The van der Waals surface area contributed by atoms with E-state index in [0.29, 0.717) is 33.8 Å². The van der Waals surface area contributed by atoms with E-state index >= 15 is 0 Å². The number of ether oxygens (including phenoxy) is 1. The maximum atomic E-state index is 13.5. The van der Waals surface area contributed by atoms with Gasteiger partial charge in [0.1, 0.15) is 5.56 Å². The van der Waals surface area contributed by atoms with Gasteiger partial charge in [0.05, 0.1) is 16.7 Å². The Morgan fingerprint density at radius 2 is 1.69 bits per heavy atom. The lowest BCUT2D eigenvalue weighted by atomic mass is 9.91. The zero-order valence-corrected chi connectivity index (χ0v) is 19.5. The van der Waals surface area contributed by atoms with Crippen molar-refractivity contribution in [1.82, 2.24) is 9.78 Å². The summed E-state index contributed by atoms with van der Waals surface area (Å²) in [6.45, 7) is 13.1. The van der Waals surface area contributed by atoms with Gasteiger partial charge in [-0.15, -0.1) is 0 Å². The van der Waals surface area contributed by atoms with Crippen LogP contribution in [0.2, 0.25) is 0 Å². The molecule has 2 aromatic rings. The lowest BCUT2D eigenvalue weighted by Crippen LogP contribution is -2.14. The molecule has 1 aromatic heterocycles. The molecule has 2 rings (SSSR count). The van der Waals surface area contributed by atoms with Gasteiger partial charge in [-0.3, -0.25) is 4.79 Å². The van der Waals surface area contributed by atoms with Gasteiger partial charge in [0.2, 0.25) is 11.7 Å². The molecule has 158 valence electrons. The van der Waals surface area contributed by atoms with Crippen LogP contribution >= 0.6 is 0 Å². The van der Waals surface area contributed by atoms with E-state index in [1.54, 1.807) is 31.6 Å². The molecular formula is C22H30N2O4S. The van der Waals surface area contributed by atoms with E-state index < -0.39 is 9.84 Å². The molecule has 0 fully saturated rings. The number of rotatable bonds is 6. The maximum Gasteiger partial charge on any atom is 0.223 e. The minimum absolute atomic E-state index is 0.117. The number of carbonyl (C=O) groups is 1. The first kappa shape index (κ1) is 22.9. The third kappa shape index (κ3) is 4.45. The van der Waals surface area contributed by atoms with Crippen molar-refractivity contribution in [1.29, 1.82) is 0 Å². The van der Waals surface area contributed by atoms with Crippen LogP contribution in [-0.2, 0) is 16.9 Å². The van der Waals surface area contributed by atoms with Crippen LogP contribution in [0.5, 0.6) is 5.88 Å². The number of hydrogen-bond acceptors (Lipinski definition) is 5. The monoisotopic (exact) mass is 418 g/mol. The number of benzene rings is 1. The lowest BCUT2D eigenvalue weighted by molar-refractivity contribution is 0.103. The molecular weight excluding hydrogens is 388 g/mol. The Bertz CT molecular complexity index is 1100. The third-order valence-electron chi connectivity index (χ3n) is 4.94. The van der Waals surface area contributed by atoms with Crippen LogP contribution in [0, 0.1) is 13.8 Å². The molecule has 0 spiro atoms. The minimum atomic E-state index is -3.46.